The van der Waals surface area contributed by atoms with Gasteiger partial charge in [0.05, 0.1) is 6.61 Å². The van der Waals surface area contributed by atoms with Gasteiger partial charge in [-0.05, 0) is 61.8 Å². The molecule has 1 rings (SSSR count). The number of hydrogen-bond donors (Lipinski definition) is 0. The summed E-state index contributed by atoms with van der Waals surface area (Å²) in [6, 6.07) is 4.41. The minimum atomic E-state index is 0.366. The molecule has 0 aliphatic rings. The molecule has 1 unspecified atom stereocenters. The standard InChI is InChI=1S/C19H30O2/c1-6-11-21-19-13-14(4)18(12-15(19)5)16(7-2)9-10-17(20)8-3/h12-13,16H,6-11H2,1-5H3. The summed E-state index contributed by atoms with van der Waals surface area (Å²) in [7, 11) is 0. The molecule has 0 aliphatic heterocycles. The Hall–Kier alpha value is -1.31. The van der Waals surface area contributed by atoms with Crippen LogP contribution in [0.15, 0.2) is 12.1 Å². The predicted molar refractivity (Wildman–Crippen MR) is 89.3 cm³/mol. The Balaban J connectivity index is 2.89. The van der Waals surface area contributed by atoms with Gasteiger partial charge < -0.3 is 4.74 Å². The van der Waals surface area contributed by atoms with Crippen LogP contribution in [0.4, 0.5) is 0 Å². The lowest BCUT2D eigenvalue weighted by Gasteiger charge is -2.20. The highest BCUT2D eigenvalue weighted by Crippen LogP contribution is 2.32. The van der Waals surface area contributed by atoms with Crippen LogP contribution in [-0.4, -0.2) is 12.4 Å². The minimum absolute atomic E-state index is 0.366. The Bertz CT molecular complexity index is 463. The van der Waals surface area contributed by atoms with Crippen LogP contribution in [0, 0.1) is 13.8 Å². The third kappa shape index (κ3) is 5.18. The average Bonchev–Trinajstić information content (AvgIpc) is 2.48. The number of Topliss-reactive ketones (excluding diaryl/α,β-unsaturated/α-hetero) is 1. The van der Waals surface area contributed by atoms with Crippen LogP contribution in [0.1, 0.15) is 75.5 Å². The number of rotatable bonds is 9. The van der Waals surface area contributed by atoms with Gasteiger partial charge in [0.1, 0.15) is 11.5 Å². The van der Waals surface area contributed by atoms with E-state index < -0.39 is 0 Å². The van der Waals surface area contributed by atoms with E-state index in [0.717, 1.165) is 31.6 Å². The van der Waals surface area contributed by atoms with Gasteiger partial charge in [0.15, 0.2) is 0 Å². The summed E-state index contributed by atoms with van der Waals surface area (Å²) in [6.45, 7) is 11.3. The van der Waals surface area contributed by atoms with Gasteiger partial charge in [-0.1, -0.05) is 26.8 Å². The topological polar surface area (TPSA) is 26.3 Å². The van der Waals surface area contributed by atoms with E-state index in [1.807, 2.05) is 6.92 Å². The maximum atomic E-state index is 11.6. The van der Waals surface area contributed by atoms with E-state index in [4.69, 9.17) is 4.74 Å². The molecule has 0 radical (unpaired) electrons. The van der Waals surface area contributed by atoms with E-state index >= 15 is 0 Å². The van der Waals surface area contributed by atoms with Crippen LogP contribution < -0.4 is 4.74 Å². The molecule has 0 saturated carbocycles. The number of ketones is 1. The van der Waals surface area contributed by atoms with Gasteiger partial charge in [-0.15, -0.1) is 0 Å². The number of hydrogen-bond acceptors (Lipinski definition) is 2. The second-order valence-electron chi connectivity index (χ2n) is 5.86. The summed E-state index contributed by atoms with van der Waals surface area (Å²) in [5, 5.41) is 0. The summed E-state index contributed by atoms with van der Waals surface area (Å²) in [5.41, 5.74) is 3.86. The van der Waals surface area contributed by atoms with E-state index in [1.165, 1.54) is 16.7 Å². The third-order valence-electron chi connectivity index (χ3n) is 4.12. The molecule has 0 N–H and O–H groups in total. The lowest BCUT2D eigenvalue weighted by Crippen LogP contribution is -2.06. The van der Waals surface area contributed by atoms with Crippen molar-refractivity contribution in [2.24, 2.45) is 0 Å². The largest absolute Gasteiger partial charge is 0.493 e. The Morgan fingerprint density at radius 2 is 1.86 bits per heavy atom. The van der Waals surface area contributed by atoms with Crippen LogP contribution in [0.3, 0.4) is 0 Å². The molecular weight excluding hydrogens is 260 g/mol. The van der Waals surface area contributed by atoms with Crippen LogP contribution in [0.5, 0.6) is 5.75 Å². The maximum Gasteiger partial charge on any atom is 0.132 e. The number of benzene rings is 1. The monoisotopic (exact) mass is 290 g/mol. The lowest BCUT2D eigenvalue weighted by atomic mass is 9.87. The molecule has 21 heavy (non-hydrogen) atoms. The Kier molecular flexibility index (Phi) is 7.49. The summed E-state index contributed by atoms with van der Waals surface area (Å²) in [6.07, 6.45) is 4.40. The molecule has 0 saturated heterocycles. The molecule has 1 aromatic carbocycles. The van der Waals surface area contributed by atoms with Gasteiger partial charge in [-0.25, -0.2) is 0 Å². The predicted octanol–water partition coefficient (Wildman–Crippen LogP) is 5.35. The van der Waals surface area contributed by atoms with E-state index in [-0.39, 0.29) is 0 Å². The fraction of sp³-hybridized carbons (Fsp3) is 0.632. The van der Waals surface area contributed by atoms with E-state index in [2.05, 4.69) is 39.8 Å². The minimum Gasteiger partial charge on any atom is -0.493 e. The zero-order chi connectivity index (χ0) is 15.8. The first-order chi connectivity index (χ1) is 10.0. The van der Waals surface area contributed by atoms with Crippen LogP contribution in [0.25, 0.3) is 0 Å². The van der Waals surface area contributed by atoms with Crippen molar-refractivity contribution in [2.75, 3.05) is 6.61 Å². The van der Waals surface area contributed by atoms with Gasteiger partial charge in [0.25, 0.3) is 0 Å². The van der Waals surface area contributed by atoms with Crippen LogP contribution >= 0.6 is 0 Å². The summed E-state index contributed by atoms with van der Waals surface area (Å²) >= 11 is 0. The average molecular weight is 290 g/mol. The molecule has 0 fully saturated rings. The first-order valence-electron chi connectivity index (χ1n) is 8.29. The smallest absolute Gasteiger partial charge is 0.132 e. The molecule has 2 heteroatoms. The SMILES string of the molecule is CCCOc1cc(C)c(C(CC)CCC(=O)CC)cc1C. The van der Waals surface area contributed by atoms with Gasteiger partial charge in [-0.2, -0.15) is 0 Å². The fourth-order valence-electron chi connectivity index (χ4n) is 2.71. The Labute approximate surface area is 129 Å². The van der Waals surface area contributed by atoms with Crippen molar-refractivity contribution in [3.05, 3.63) is 28.8 Å². The van der Waals surface area contributed by atoms with Crippen molar-refractivity contribution in [1.82, 2.24) is 0 Å². The number of carbonyl (C=O) groups is 1. The van der Waals surface area contributed by atoms with Crippen molar-refractivity contribution in [3.63, 3.8) is 0 Å². The molecule has 0 heterocycles. The van der Waals surface area contributed by atoms with Gasteiger partial charge >= 0.3 is 0 Å². The number of aryl methyl sites for hydroxylation is 2. The molecule has 1 atom stereocenters. The van der Waals surface area contributed by atoms with Crippen molar-refractivity contribution in [2.45, 2.75) is 72.6 Å². The van der Waals surface area contributed by atoms with Crippen molar-refractivity contribution in [3.8, 4) is 5.75 Å². The van der Waals surface area contributed by atoms with E-state index in [1.54, 1.807) is 0 Å². The normalized spacial score (nSPS) is 12.2. The second kappa shape index (κ2) is 8.86. The zero-order valence-electron chi connectivity index (χ0n) is 14.3. The number of ether oxygens (including phenoxy) is 1. The Morgan fingerprint density at radius 1 is 1.14 bits per heavy atom. The van der Waals surface area contributed by atoms with Crippen molar-refractivity contribution < 1.29 is 9.53 Å². The summed E-state index contributed by atoms with van der Waals surface area (Å²) < 4.78 is 5.80. The molecule has 118 valence electrons. The quantitative estimate of drug-likeness (QED) is 0.613. The fourth-order valence-corrected chi connectivity index (χ4v) is 2.71. The highest BCUT2D eigenvalue weighted by atomic mass is 16.5. The molecule has 0 aromatic heterocycles. The molecular formula is C19H30O2. The first-order valence-corrected chi connectivity index (χ1v) is 8.29. The molecule has 2 nitrogen and oxygen atoms in total. The molecule has 0 spiro atoms. The molecule has 1 aromatic rings. The zero-order valence-corrected chi connectivity index (χ0v) is 14.3. The highest BCUT2D eigenvalue weighted by molar-refractivity contribution is 5.78. The van der Waals surface area contributed by atoms with E-state index in [0.29, 0.717) is 24.5 Å². The van der Waals surface area contributed by atoms with Gasteiger partial charge in [0, 0.05) is 12.8 Å². The molecule has 0 amide bonds. The van der Waals surface area contributed by atoms with Crippen LogP contribution in [-0.2, 0) is 4.79 Å². The summed E-state index contributed by atoms with van der Waals surface area (Å²) in [5.74, 6) is 1.84. The lowest BCUT2D eigenvalue weighted by molar-refractivity contribution is -0.118. The second-order valence-corrected chi connectivity index (χ2v) is 5.86. The summed E-state index contributed by atoms with van der Waals surface area (Å²) in [4.78, 5) is 11.6. The maximum absolute atomic E-state index is 11.6. The first kappa shape index (κ1) is 17.7. The van der Waals surface area contributed by atoms with Gasteiger partial charge in [0.2, 0.25) is 0 Å². The molecule has 0 bridgehead atoms. The number of carbonyl (C=O) groups excluding carboxylic acids is 1. The molecule has 0 aliphatic carbocycles. The highest BCUT2D eigenvalue weighted by Gasteiger charge is 2.15. The Morgan fingerprint density at radius 3 is 2.43 bits per heavy atom. The third-order valence-corrected chi connectivity index (χ3v) is 4.12. The van der Waals surface area contributed by atoms with E-state index in [9.17, 15) is 4.79 Å². The van der Waals surface area contributed by atoms with Crippen molar-refractivity contribution in [1.29, 1.82) is 0 Å². The van der Waals surface area contributed by atoms with Crippen molar-refractivity contribution >= 4 is 5.78 Å². The van der Waals surface area contributed by atoms with Crippen LogP contribution in [0.2, 0.25) is 0 Å². The van der Waals surface area contributed by atoms with Gasteiger partial charge in [-0.3, -0.25) is 4.79 Å².